The molecular weight excluding hydrogens is 302 g/mol. The summed E-state index contributed by atoms with van der Waals surface area (Å²) in [6.07, 6.45) is 7.07. The van der Waals surface area contributed by atoms with E-state index in [4.69, 9.17) is 5.73 Å². The molecule has 0 unspecified atom stereocenters. The standard InChI is InChI=1S/C18H27N5O/c1-3-5-6-9-20-18(19)23(4-2)22-12-15-11-21-17-8-7-14(13-24)10-16(15)17/h7-8,10-12,22,24H,3-6,9,13H2,1-2H3,(H2,19,20)/b15-12+. The summed E-state index contributed by atoms with van der Waals surface area (Å²) in [5.74, 6) is 0.490. The number of aliphatic hydroxyl groups excluding tert-OH is 1. The Kier molecular flexibility index (Phi) is 6.81. The van der Waals surface area contributed by atoms with E-state index in [9.17, 15) is 5.11 Å². The van der Waals surface area contributed by atoms with E-state index in [0.717, 1.165) is 35.4 Å². The molecule has 0 bridgehead atoms. The summed E-state index contributed by atoms with van der Waals surface area (Å²) >= 11 is 0. The second kappa shape index (κ2) is 9.08. The number of aliphatic imine (C=N–C) groups is 2. The monoisotopic (exact) mass is 329 g/mol. The van der Waals surface area contributed by atoms with Gasteiger partial charge in [-0.2, -0.15) is 0 Å². The SMILES string of the molecule is CCCCC/N=C(\N)N(CC)N/C=C1\C=Nc2ccc(CO)cc21. The zero-order valence-electron chi connectivity index (χ0n) is 14.5. The first-order valence-corrected chi connectivity index (χ1v) is 8.51. The van der Waals surface area contributed by atoms with Crippen molar-refractivity contribution in [3.05, 3.63) is 35.5 Å². The Labute approximate surface area is 143 Å². The van der Waals surface area contributed by atoms with Crippen LogP contribution in [0.4, 0.5) is 5.69 Å². The van der Waals surface area contributed by atoms with E-state index in [2.05, 4.69) is 22.3 Å². The fourth-order valence-electron chi connectivity index (χ4n) is 2.46. The molecule has 24 heavy (non-hydrogen) atoms. The molecule has 0 spiro atoms. The van der Waals surface area contributed by atoms with Crippen molar-refractivity contribution in [3.63, 3.8) is 0 Å². The minimum atomic E-state index is 0.0203. The van der Waals surface area contributed by atoms with Crippen molar-refractivity contribution in [2.24, 2.45) is 15.7 Å². The third kappa shape index (κ3) is 4.58. The molecule has 0 radical (unpaired) electrons. The Balaban J connectivity index is 2.03. The van der Waals surface area contributed by atoms with Gasteiger partial charge in [0.2, 0.25) is 5.96 Å². The van der Waals surface area contributed by atoms with E-state index in [-0.39, 0.29) is 6.61 Å². The number of aliphatic hydroxyl groups is 1. The topological polar surface area (TPSA) is 86.2 Å². The van der Waals surface area contributed by atoms with Gasteiger partial charge in [-0.3, -0.25) is 15.0 Å². The predicted molar refractivity (Wildman–Crippen MR) is 100 cm³/mol. The van der Waals surface area contributed by atoms with Gasteiger partial charge in [0.1, 0.15) is 0 Å². The first kappa shape index (κ1) is 18.0. The summed E-state index contributed by atoms with van der Waals surface area (Å²) < 4.78 is 0. The Morgan fingerprint density at radius 3 is 2.92 bits per heavy atom. The van der Waals surface area contributed by atoms with Crippen molar-refractivity contribution in [2.75, 3.05) is 13.1 Å². The molecule has 1 aliphatic heterocycles. The van der Waals surface area contributed by atoms with Crippen LogP contribution in [0.5, 0.6) is 0 Å². The maximum Gasteiger partial charge on any atom is 0.210 e. The van der Waals surface area contributed by atoms with Crippen LogP contribution in [-0.4, -0.2) is 35.4 Å². The lowest BCUT2D eigenvalue weighted by Gasteiger charge is -2.21. The van der Waals surface area contributed by atoms with Gasteiger partial charge >= 0.3 is 0 Å². The van der Waals surface area contributed by atoms with E-state index in [1.165, 1.54) is 12.8 Å². The largest absolute Gasteiger partial charge is 0.392 e. The van der Waals surface area contributed by atoms with Gasteiger partial charge in [0.05, 0.1) is 12.3 Å². The van der Waals surface area contributed by atoms with Crippen molar-refractivity contribution in [1.29, 1.82) is 0 Å². The molecular formula is C18H27N5O. The molecule has 0 saturated carbocycles. The summed E-state index contributed by atoms with van der Waals surface area (Å²) in [4.78, 5) is 8.79. The molecule has 1 heterocycles. The quantitative estimate of drug-likeness (QED) is 0.296. The number of nitrogens with zero attached hydrogens (tertiary/aromatic N) is 3. The number of benzene rings is 1. The number of hydrazine groups is 1. The van der Waals surface area contributed by atoms with Gasteiger partial charge < -0.3 is 16.3 Å². The molecule has 1 aromatic carbocycles. The summed E-state index contributed by atoms with van der Waals surface area (Å²) in [6, 6.07) is 5.75. The van der Waals surface area contributed by atoms with Crippen LogP contribution < -0.4 is 11.2 Å². The molecule has 6 nitrogen and oxygen atoms in total. The molecule has 0 aromatic heterocycles. The highest BCUT2D eigenvalue weighted by Crippen LogP contribution is 2.31. The first-order chi connectivity index (χ1) is 11.7. The molecule has 6 heteroatoms. The van der Waals surface area contributed by atoms with Gasteiger partial charge in [-0.05, 0) is 31.0 Å². The maximum atomic E-state index is 9.29. The molecule has 130 valence electrons. The highest BCUT2D eigenvalue weighted by Gasteiger charge is 2.13. The molecule has 4 N–H and O–H groups in total. The average molecular weight is 329 g/mol. The summed E-state index contributed by atoms with van der Waals surface area (Å²) in [5.41, 5.74) is 13.0. The zero-order valence-corrected chi connectivity index (χ0v) is 14.5. The molecule has 2 rings (SSSR count). The normalized spacial score (nSPS) is 15.0. The molecule has 0 saturated heterocycles. The van der Waals surface area contributed by atoms with Crippen molar-refractivity contribution in [2.45, 2.75) is 39.7 Å². The number of unbranched alkanes of at least 4 members (excludes halogenated alkanes) is 2. The highest BCUT2D eigenvalue weighted by molar-refractivity contribution is 6.16. The number of allylic oxidation sites excluding steroid dienone is 1. The Hall–Kier alpha value is -2.34. The number of hydrogen-bond acceptors (Lipinski definition) is 4. The number of nitrogens with one attached hydrogen (secondary N) is 1. The average Bonchev–Trinajstić information content (AvgIpc) is 3.01. The van der Waals surface area contributed by atoms with Crippen LogP contribution in [0.1, 0.15) is 44.2 Å². The van der Waals surface area contributed by atoms with Crippen LogP contribution in [0.25, 0.3) is 5.57 Å². The van der Waals surface area contributed by atoms with E-state index in [1.54, 1.807) is 11.2 Å². The minimum Gasteiger partial charge on any atom is -0.392 e. The van der Waals surface area contributed by atoms with Crippen LogP contribution >= 0.6 is 0 Å². The van der Waals surface area contributed by atoms with Gasteiger partial charge in [-0.1, -0.05) is 25.8 Å². The highest BCUT2D eigenvalue weighted by atomic mass is 16.3. The smallest absolute Gasteiger partial charge is 0.210 e. The van der Waals surface area contributed by atoms with Gasteiger partial charge in [0, 0.05) is 36.6 Å². The molecule has 0 atom stereocenters. The number of nitrogens with two attached hydrogens (primary N) is 1. The van der Waals surface area contributed by atoms with Crippen molar-refractivity contribution < 1.29 is 5.11 Å². The van der Waals surface area contributed by atoms with Gasteiger partial charge in [0.15, 0.2) is 0 Å². The van der Waals surface area contributed by atoms with Crippen LogP contribution in [0.2, 0.25) is 0 Å². The first-order valence-electron chi connectivity index (χ1n) is 8.51. The Bertz CT molecular complexity index is 636. The van der Waals surface area contributed by atoms with E-state index >= 15 is 0 Å². The lowest BCUT2D eigenvalue weighted by Crippen LogP contribution is -2.44. The molecule has 1 aliphatic rings. The zero-order chi connectivity index (χ0) is 17.4. The summed E-state index contributed by atoms with van der Waals surface area (Å²) in [7, 11) is 0. The second-order valence-electron chi connectivity index (χ2n) is 5.69. The molecule has 0 fully saturated rings. The second-order valence-corrected chi connectivity index (χ2v) is 5.69. The van der Waals surface area contributed by atoms with Crippen LogP contribution in [0, 0.1) is 0 Å². The van der Waals surface area contributed by atoms with Crippen molar-refractivity contribution in [3.8, 4) is 0 Å². The lowest BCUT2D eigenvalue weighted by molar-refractivity contribution is 0.282. The predicted octanol–water partition coefficient (Wildman–Crippen LogP) is 2.57. The molecule has 1 aromatic rings. The van der Waals surface area contributed by atoms with Crippen LogP contribution in [0.3, 0.4) is 0 Å². The number of guanidine groups is 1. The fraction of sp³-hybridized carbons (Fsp3) is 0.444. The van der Waals surface area contributed by atoms with Crippen LogP contribution in [-0.2, 0) is 6.61 Å². The minimum absolute atomic E-state index is 0.0203. The molecule has 0 amide bonds. The summed E-state index contributed by atoms with van der Waals surface area (Å²) in [5, 5.41) is 11.1. The molecule has 0 aliphatic carbocycles. The Morgan fingerprint density at radius 2 is 2.21 bits per heavy atom. The third-order valence-electron chi connectivity index (χ3n) is 3.90. The number of hydrogen-bond donors (Lipinski definition) is 3. The van der Waals surface area contributed by atoms with E-state index < -0.39 is 0 Å². The third-order valence-corrected chi connectivity index (χ3v) is 3.90. The number of fused-ring (bicyclic) bond motifs is 1. The lowest BCUT2D eigenvalue weighted by atomic mass is 10.1. The van der Waals surface area contributed by atoms with Gasteiger partial charge in [-0.25, -0.2) is 0 Å². The summed E-state index contributed by atoms with van der Waals surface area (Å²) in [6.45, 7) is 5.65. The van der Waals surface area contributed by atoms with Crippen molar-refractivity contribution >= 4 is 23.4 Å². The fourth-order valence-corrected chi connectivity index (χ4v) is 2.46. The number of rotatable bonds is 8. The maximum absolute atomic E-state index is 9.29. The van der Waals surface area contributed by atoms with Gasteiger partial charge in [-0.15, -0.1) is 0 Å². The van der Waals surface area contributed by atoms with E-state index in [1.807, 2.05) is 31.3 Å². The van der Waals surface area contributed by atoms with Crippen molar-refractivity contribution in [1.82, 2.24) is 10.4 Å². The van der Waals surface area contributed by atoms with Crippen LogP contribution in [0.15, 0.2) is 34.4 Å². The Morgan fingerprint density at radius 1 is 1.38 bits per heavy atom. The van der Waals surface area contributed by atoms with Gasteiger partial charge in [0.25, 0.3) is 0 Å². The van der Waals surface area contributed by atoms with E-state index in [0.29, 0.717) is 12.5 Å².